The summed E-state index contributed by atoms with van der Waals surface area (Å²) in [7, 11) is 0. The molecule has 1 saturated carbocycles. The van der Waals surface area contributed by atoms with Gasteiger partial charge in [-0.2, -0.15) is 0 Å². The Morgan fingerprint density at radius 3 is 2.75 bits per heavy atom. The van der Waals surface area contributed by atoms with Crippen molar-refractivity contribution in [3.05, 3.63) is 0 Å². The maximum absolute atomic E-state index is 6.48. The van der Waals surface area contributed by atoms with Gasteiger partial charge in [-0.3, -0.25) is 4.90 Å². The van der Waals surface area contributed by atoms with E-state index in [-0.39, 0.29) is 0 Å². The molecule has 0 bridgehead atoms. The zero-order valence-corrected chi connectivity index (χ0v) is 12.8. The molecular formula is C17H30N2O. The first-order valence-electron chi connectivity index (χ1n) is 9.00. The molecule has 1 N–H and O–H groups in total. The van der Waals surface area contributed by atoms with Crippen LogP contribution in [0.4, 0.5) is 0 Å². The van der Waals surface area contributed by atoms with Crippen molar-refractivity contribution in [3.8, 4) is 0 Å². The monoisotopic (exact) mass is 278 g/mol. The van der Waals surface area contributed by atoms with Crippen molar-refractivity contribution < 1.29 is 4.74 Å². The Hall–Kier alpha value is -0.120. The predicted octanol–water partition coefficient (Wildman–Crippen LogP) is 2.69. The molecule has 3 heterocycles. The molecule has 3 nitrogen and oxygen atoms in total. The second kappa shape index (κ2) is 5.58. The Bertz CT molecular complexity index is 340. The van der Waals surface area contributed by atoms with Crippen LogP contribution >= 0.6 is 0 Å². The molecule has 114 valence electrons. The standard InChI is InChI=1S/C17H30N2O/c1-2-8-17(9-3-1)10-6-14(20-17)13-18-15-7-12-19-11-4-5-16(15)19/h14-16,18H,1-13H2. The highest BCUT2D eigenvalue weighted by atomic mass is 16.5. The Morgan fingerprint density at radius 1 is 0.950 bits per heavy atom. The molecule has 0 aromatic carbocycles. The number of nitrogens with zero attached hydrogens (tertiary/aromatic N) is 1. The maximum atomic E-state index is 6.48. The second-order valence-corrected chi connectivity index (χ2v) is 7.57. The minimum atomic E-state index is 0.291. The predicted molar refractivity (Wildman–Crippen MR) is 80.9 cm³/mol. The average molecular weight is 278 g/mol. The van der Waals surface area contributed by atoms with Crippen LogP contribution in [0.5, 0.6) is 0 Å². The summed E-state index contributed by atoms with van der Waals surface area (Å²) < 4.78 is 6.48. The summed E-state index contributed by atoms with van der Waals surface area (Å²) >= 11 is 0. The van der Waals surface area contributed by atoms with Gasteiger partial charge in [0.05, 0.1) is 11.7 Å². The molecule has 0 aromatic rings. The lowest BCUT2D eigenvalue weighted by Gasteiger charge is -2.33. The molecule has 3 atom stereocenters. The SMILES string of the molecule is C1CCC2(CC1)CCC(CNC1CCN3CCCC13)O2. The molecule has 4 fully saturated rings. The van der Waals surface area contributed by atoms with Crippen LogP contribution in [0.1, 0.15) is 64.2 Å². The molecule has 4 aliphatic rings. The Morgan fingerprint density at radius 2 is 1.85 bits per heavy atom. The minimum Gasteiger partial charge on any atom is -0.370 e. The van der Waals surface area contributed by atoms with Crippen molar-refractivity contribution in [1.29, 1.82) is 0 Å². The largest absolute Gasteiger partial charge is 0.370 e. The molecule has 0 aromatic heterocycles. The topological polar surface area (TPSA) is 24.5 Å². The van der Waals surface area contributed by atoms with Gasteiger partial charge in [0.1, 0.15) is 0 Å². The molecule has 20 heavy (non-hydrogen) atoms. The summed E-state index contributed by atoms with van der Waals surface area (Å²) in [6, 6.07) is 1.57. The van der Waals surface area contributed by atoms with E-state index >= 15 is 0 Å². The molecule has 0 radical (unpaired) electrons. The molecular weight excluding hydrogens is 248 g/mol. The third-order valence-corrected chi connectivity index (χ3v) is 6.32. The van der Waals surface area contributed by atoms with Gasteiger partial charge in [0.15, 0.2) is 0 Å². The first-order chi connectivity index (χ1) is 9.85. The van der Waals surface area contributed by atoms with Crippen molar-refractivity contribution in [2.24, 2.45) is 0 Å². The fourth-order valence-corrected chi connectivity index (χ4v) is 5.21. The fourth-order valence-electron chi connectivity index (χ4n) is 5.21. The average Bonchev–Trinajstić information content (AvgIpc) is 3.14. The van der Waals surface area contributed by atoms with E-state index in [1.54, 1.807) is 0 Å². The quantitative estimate of drug-likeness (QED) is 0.859. The van der Waals surface area contributed by atoms with Crippen molar-refractivity contribution in [2.45, 2.75) is 88.0 Å². The highest BCUT2D eigenvalue weighted by molar-refractivity contribution is 4.97. The van der Waals surface area contributed by atoms with E-state index in [0.29, 0.717) is 11.7 Å². The van der Waals surface area contributed by atoms with Crippen LogP contribution in [-0.4, -0.2) is 48.3 Å². The van der Waals surface area contributed by atoms with Crippen LogP contribution in [0.3, 0.4) is 0 Å². The number of nitrogens with one attached hydrogen (secondary N) is 1. The molecule has 4 rings (SSSR count). The van der Waals surface area contributed by atoms with Crippen molar-refractivity contribution in [3.63, 3.8) is 0 Å². The van der Waals surface area contributed by atoms with Crippen molar-refractivity contribution in [1.82, 2.24) is 10.2 Å². The lowest BCUT2D eigenvalue weighted by Crippen LogP contribution is -2.43. The van der Waals surface area contributed by atoms with Gasteiger partial charge in [0.25, 0.3) is 0 Å². The molecule has 3 unspecified atom stereocenters. The lowest BCUT2D eigenvalue weighted by atomic mass is 9.83. The van der Waals surface area contributed by atoms with Gasteiger partial charge in [-0.25, -0.2) is 0 Å². The zero-order valence-electron chi connectivity index (χ0n) is 12.8. The first-order valence-corrected chi connectivity index (χ1v) is 9.00. The molecule has 1 aliphatic carbocycles. The highest BCUT2D eigenvalue weighted by Crippen LogP contribution is 2.41. The van der Waals surface area contributed by atoms with E-state index in [1.165, 1.54) is 77.3 Å². The first kappa shape index (κ1) is 13.5. The normalized spacial score (nSPS) is 40.5. The van der Waals surface area contributed by atoms with E-state index in [1.807, 2.05) is 0 Å². The van der Waals surface area contributed by atoms with Crippen LogP contribution in [-0.2, 0) is 4.74 Å². The summed E-state index contributed by atoms with van der Waals surface area (Å²) in [6.07, 6.45) is 14.1. The van der Waals surface area contributed by atoms with E-state index in [4.69, 9.17) is 4.74 Å². The van der Waals surface area contributed by atoms with E-state index in [2.05, 4.69) is 10.2 Å². The summed E-state index contributed by atoms with van der Waals surface area (Å²) in [5.41, 5.74) is 0.291. The lowest BCUT2D eigenvalue weighted by molar-refractivity contribution is -0.0630. The van der Waals surface area contributed by atoms with Gasteiger partial charge in [-0.15, -0.1) is 0 Å². The van der Waals surface area contributed by atoms with Crippen molar-refractivity contribution >= 4 is 0 Å². The highest BCUT2D eigenvalue weighted by Gasteiger charge is 2.42. The number of hydrogen-bond acceptors (Lipinski definition) is 3. The smallest absolute Gasteiger partial charge is 0.0708 e. The minimum absolute atomic E-state index is 0.291. The van der Waals surface area contributed by atoms with Crippen LogP contribution in [0.2, 0.25) is 0 Å². The van der Waals surface area contributed by atoms with Crippen LogP contribution < -0.4 is 5.32 Å². The number of hydrogen-bond donors (Lipinski definition) is 1. The van der Waals surface area contributed by atoms with Gasteiger partial charge in [-0.05, 0) is 51.5 Å². The third kappa shape index (κ3) is 2.53. The van der Waals surface area contributed by atoms with Gasteiger partial charge < -0.3 is 10.1 Å². The van der Waals surface area contributed by atoms with Gasteiger partial charge >= 0.3 is 0 Å². The van der Waals surface area contributed by atoms with Crippen LogP contribution in [0, 0.1) is 0 Å². The van der Waals surface area contributed by atoms with E-state index in [0.717, 1.165) is 18.6 Å². The summed E-state index contributed by atoms with van der Waals surface area (Å²) in [4.78, 5) is 2.69. The molecule has 1 spiro atoms. The third-order valence-electron chi connectivity index (χ3n) is 6.32. The summed E-state index contributed by atoms with van der Waals surface area (Å²) in [5, 5.41) is 3.85. The summed E-state index contributed by atoms with van der Waals surface area (Å²) in [6.45, 7) is 3.75. The van der Waals surface area contributed by atoms with Gasteiger partial charge in [-0.1, -0.05) is 19.3 Å². The number of fused-ring (bicyclic) bond motifs is 1. The summed E-state index contributed by atoms with van der Waals surface area (Å²) in [5.74, 6) is 0. The maximum Gasteiger partial charge on any atom is 0.0708 e. The van der Waals surface area contributed by atoms with E-state index < -0.39 is 0 Å². The molecule has 3 saturated heterocycles. The molecule has 3 aliphatic heterocycles. The number of rotatable bonds is 3. The Balaban J connectivity index is 1.26. The zero-order chi connectivity index (χ0) is 13.4. The second-order valence-electron chi connectivity index (χ2n) is 7.57. The Kier molecular flexibility index (Phi) is 3.78. The van der Waals surface area contributed by atoms with Crippen LogP contribution in [0.15, 0.2) is 0 Å². The van der Waals surface area contributed by atoms with Crippen molar-refractivity contribution in [2.75, 3.05) is 19.6 Å². The van der Waals surface area contributed by atoms with Gasteiger partial charge in [0, 0.05) is 25.2 Å². The molecule has 3 heteroatoms. The number of ether oxygens (including phenoxy) is 1. The fraction of sp³-hybridized carbons (Fsp3) is 1.00. The van der Waals surface area contributed by atoms with Gasteiger partial charge in [0.2, 0.25) is 0 Å². The molecule has 0 amide bonds. The Labute approximate surface area is 123 Å². The van der Waals surface area contributed by atoms with Crippen LogP contribution in [0.25, 0.3) is 0 Å². The van der Waals surface area contributed by atoms with E-state index in [9.17, 15) is 0 Å².